The fourth-order valence-electron chi connectivity index (χ4n) is 3.56. The number of likely N-dealkylation sites (tertiary alicyclic amines) is 1. The number of ketones is 1. The van der Waals surface area contributed by atoms with Gasteiger partial charge >= 0.3 is 6.03 Å². The van der Waals surface area contributed by atoms with Crippen LogP contribution in [0.4, 0.5) is 4.79 Å². The zero-order valence-corrected chi connectivity index (χ0v) is 16.2. The Kier molecular flexibility index (Phi) is 5.37. The van der Waals surface area contributed by atoms with Crippen molar-refractivity contribution >= 4 is 11.8 Å². The quantitative estimate of drug-likeness (QED) is 0.667. The van der Waals surface area contributed by atoms with Crippen molar-refractivity contribution in [3.63, 3.8) is 0 Å². The van der Waals surface area contributed by atoms with E-state index in [0.29, 0.717) is 25.5 Å². The second-order valence-corrected chi connectivity index (χ2v) is 7.18. The first-order chi connectivity index (χ1) is 14.1. The molecule has 9 heteroatoms. The summed E-state index contributed by atoms with van der Waals surface area (Å²) in [7, 11) is 1.81. The van der Waals surface area contributed by atoms with E-state index in [9.17, 15) is 9.59 Å². The van der Waals surface area contributed by atoms with Crippen LogP contribution in [-0.2, 0) is 13.6 Å². The molecule has 1 atom stereocenters. The van der Waals surface area contributed by atoms with Crippen LogP contribution in [0.25, 0.3) is 5.69 Å². The SMILES string of the molecule is Cn1ccnc1C(=O)[C@H]1CCCN(C(=O)NCc2ccc(-n3cncn3)cc2)C1. The molecule has 1 fully saturated rings. The molecule has 0 bridgehead atoms. The number of carbonyl (C=O) groups is 2. The minimum absolute atomic E-state index is 0.00120. The Hall–Kier alpha value is -3.49. The van der Waals surface area contributed by atoms with Crippen LogP contribution in [-0.4, -0.2) is 54.1 Å². The van der Waals surface area contributed by atoms with Gasteiger partial charge in [0.1, 0.15) is 12.7 Å². The van der Waals surface area contributed by atoms with E-state index in [2.05, 4.69) is 20.4 Å². The van der Waals surface area contributed by atoms with Crippen LogP contribution in [0.15, 0.2) is 49.3 Å². The normalized spacial score (nSPS) is 16.6. The molecular formula is C20H23N7O2. The first-order valence-electron chi connectivity index (χ1n) is 9.60. The second-order valence-electron chi connectivity index (χ2n) is 7.18. The van der Waals surface area contributed by atoms with Gasteiger partial charge in [-0.25, -0.2) is 19.4 Å². The number of rotatable bonds is 5. The number of aromatic nitrogens is 5. The zero-order chi connectivity index (χ0) is 20.2. The monoisotopic (exact) mass is 393 g/mol. The zero-order valence-electron chi connectivity index (χ0n) is 16.2. The van der Waals surface area contributed by atoms with E-state index < -0.39 is 0 Å². The van der Waals surface area contributed by atoms with Gasteiger partial charge in [0.25, 0.3) is 0 Å². The highest BCUT2D eigenvalue weighted by Crippen LogP contribution is 2.20. The molecule has 1 N–H and O–H groups in total. The number of benzene rings is 1. The van der Waals surface area contributed by atoms with Crippen molar-refractivity contribution < 1.29 is 9.59 Å². The molecule has 2 aromatic heterocycles. The summed E-state index contributed by atoms with van der Waals surface area (Å²) in [5.74, 6) is 0.237. The van der Waals surface area contributed by atoms with E-state index in [-0.39, 0.29) is 17.7 Å². The number of nitrogens with one attached hydrogen (secondary N) is 1. The molecular weight excluding hydrogens is 370 g/mol. The van der Waals surface area contributed by atoms with Crippen LogP contribution in [0.5, 0.6) is 0 Å². The smallest absolute Gasteiger partial charge is 0.317 e. The lowest BCUT2D eigenvalue weighted by Gasteiger charge is -2.31. The number of amides is 2. The van der Waals surface area contributed by atoms with Crippen molar-refractivity contribution in [1.82, 2.24) is 34.5 Å². The Balaban J connectivity index is 1.32. The van der Waals surface area contributed by atoms with Gasteiger partial charge in [-0.1, -0.05) is 12.1 Å². The number of nitrogens with zero attached hydrogens (tertiary/aromatic N) is 6. The maximum absolute atomic E-state index is 12.7. The highest BCUT2D eigenvalue weighted by molar-refractivity contribution is 5.95. The second kappa shape index (κ2) is 8.26. The first kappa shape index (κ1) is 18.9. The number of hydrogen-bond donors (Lipinski definition) is 1. The number of carbonyl (C=O) groups excluding carboxylic acids is 2. The van der Waals surface area contributed by atoms with E-state index in [1.54, 1.807) is 32.9 Å². The molecule has 3 heterocycles. The lowest BCUT2D eigenvalue weighted by atomic mass is 9.93. The molecule has 0 spiro atoms. The molecule has 9 nitrogen and oxygen atoms in total. The first-order valence-corrected chi connectivity index (χ1v) is 9.60. The molecule has 1 aliphatic rings. The van der Waals surface area contributed by atoms with Crippen LogP contribution in [0.1, 0.15) is 29.0 Å². The summed E-state index contributed by atoms with van der Waals surface area (Å²) in [5.41, 5.74) is 1.89. The predicted octanol–water partition coefficient (Wildman–Crippen LogP) is 1.81. The molecule has 1 saturated heterocycles. The van der Waals surface area contributed by atoms with Crippen molar-refractivity contribution in [2.45, 2.75) is 19.4 Å². The van der Waals surface area contributed by atoms with Crippen LogP contribution < -0.4 is 5.32 Å². The minimum atomic E-state index is -0.211. The molecule has 4 rings (SSSR count). The Bertz CT molecular complexity index is 979. The fourth-order valence-corrected chi connectivity index (χ4v) is 3.56. The van der Waals surface area contributed by atoms with E-state index in [4.69, 9.17) is 0 Å². The maximum atomic E-state index is 12.7. The van der Waals surface area contributed by atoms with Gasteiger partial charge in [0, 0.05) is 45.0 Å². The predicted molar refractivity (Wildman–Crippen MR) is 105 cm³/mol. The van der Waals surface area contributed by atoms with E-state index in [1.165, 1.54) is 6.33 Å². The molecule has 0 unspecified atom stereocenters. The van der Waals surface area contributed by atoms with Crippen molar-refractivity contribution in [3.05, 3.63) is 60.7 Å². The number of Topliss-reactive ketones (excluding diaryl/α,β-unsaturated/α-hetero) is 1. The summed E-state index contributed by atoms with van der Waals surface area (Å²) < 4.78 is 3.40. The van der Waals surface area contributed by atoms with Gasteiger partial charge in [-0.15, -0.1) is 0 Å². The number of imidazole rings is 1. The van der Waals surface area contributed by atoms with Gasteiger partial charge < -0.3 is 14.8 Å². The largest absolute Gasteiger partial charge is 0.334 e. The molecule has 150 valence electrons. The van der Waals surface area contributed by atoms with E-state index >= 15 is 0 Å². The number of urea groups is 1. The Morgan fingerprint density at radius 1 is 1.24 bits per heavy atom. The third kappa shape index (κ3) is 4.18. The lowest BCUT2D eigenvalue weighted by Crippen LogP contribution is -2.47. The molecule has 29 heavy (non-hydrogen) atoms. The molecule has 0 saturated carbocycles. The maximum Gasteiger partial charge on any atom is 0.317 e. The van der Waals surface area contributed by atoms with Gasteiger partial charge in [-0.3, -0.25) is 4.79 Å². The summed E-state index contributed by atoms with van der Waals surface area (Å²) in [6, 6.07) is 7.60. The van der Waals surface area contributed by atoms with E-state index in [0.717, 1.165) is 24.1 Å². The van der Waals surface area contributed by atoms with Crippen molar-refractivity contribution in [3.8, 4) is 5.69 Å². The molecule has 3 aromatic rings. The van der Waals surface area contributed by atoms with Crippen LogP contribution in [0.3, 0.4) is 0 Å². The fraction of sp³-hybridized carbons (Fsp3) is 0.350. The third-order valence-corrected chi connectivity index (χ3v) is 5.18. The summed E-state index contributed by atoms with van der Waals surface area (Å²) in [6.45, 7) is 1.50. The molecule has 0 radical (unpaired) electrons. The Morgan fingerprint density at radius 2 is 2.07 bits per heavy atom. The molecule has 2 amide bonds. The van der Waals surface area contributed by atoms with E-state index in [1.807, 2.05) is 31.3 Å². The standard InChI is InChI=1S/C20H23N7O2/c1-25-10-8-22-19(25)18(28)16-3-2-9-26(12-16)20(29)23-11-15-4-6-17(7-5-15)27-14-21-13-24-27/h4-8,10,13-14,16H,2-3,9,11-12H2,1H3,(H,23,29)/t16-/m0/s1. The van der Waals surface area contributed by atoms with Crippen molar-refractivity contribution in [2.24, 2.45) is 13.0 Å². The van der Waals surface area contributed by atoms with Crippen LogP contribution in [0.2, 0.25) is 0 Å². The third-order valence-electron chi connectivity index (χ3n) is 5.18. The van der Waals surface area contributed by atoms with Gasteiger partial charge in [0.15, 0.2) is 5.82 Å². The van der Waals surface area contributed by atoms with Crippen molar-refractivity contribution in [2.75, 3.05) is 13.1 Å². The summed E-state index contributed by atoms with van der Waals surface area (Å²) >= 11 is 0. The average molecular weight is 393 g/mol. The number of aryl methyl sites for hydroxylation is 1. The summed E-state index contributed by atoms with van der Waals surface area (Å²) in [6.07, 6.45) is 8.08. The van der Waals surface area contributed by atoms with Crippen molar-refractivity contribution in [1.29, 1.82) is 0 Å². The number of hydrogen-bond acceptors (Lipinski definition) is 5. The summed E-state index contributed by atoms with van der Waals surface area (Å²) in [4.78, 5) is 35.1. The van der Waals surface area contributed by atoms with Crippen LogP contribution >= 0.6 is 0 Å². The van der Waals surface area contributed by atoms with Gasteiger partial charge in [0.05, 0.1) is 5.69 Å². The highest BCUT2D eigenvalue weighted by Gasteiger charge is 2.30. The molecule has 1 aromatic carbocycles. The highest BCUT2D eigenvalue weighted by atomic mass is 16.2. The van der Waals surface area contributed by atoms with Crippen LogP contribution in [0, 0.1) is 5.92 Å². The van der Waals surface area contributed by atoms with Gasteiger partial charge in [0.2, 0.25) is 5.78 Å². The minimum Gasteiger partial charge on any atom is -0.334 e. The molecule has 1 aliphatic heterocycles. The number of piperidine rings is 1. The Morgan fingerprint density at radius 3 is 2.76 bits per heavy atom. The topological polar surface area (TPSA) is 97.9 Å². The summed E-state index contributed by atoms with van der Waals surface area (Å²) in [5, 5.41) is 7.04. The average Bonchev–Trinajstić information content (AvgIpc) is 3.44. The lowest BCUT2D eigenvalue weighted by molar-refractivity contribution is 0.0831. The molecule has 0 aliphatic carbocycles. The van der Waals surface area contributed by atoms with Gasteiger partial charge in [-0.05, 0) is 30.5 Å². The van der Waals surface area contributed by atoms with Gasteiger partial charge in [-0.2, -0.15) is 5.10 Å². The Labute approximate surface area is 168 Å².